The van der Waals surface area contributed by atoms with Crippen LogP contribution in [0.25, 0.3) is 0 Å². The Hall–Kier alpha value is 0.00870. The molecule has 21 heavy (non-hydrogen) atoms. The molecule has 0 bridgehead atoms. The zero-order valence-electron chi connectivity index (χ0n) is 15.6. The van der Waals surface area contributed by atoms with E-state index in [4.69, 9.17) is 0 Å². The summed E-state index contributed by atoms with van der Waals surface area (Å²) in [5.74, 6) is 0.220. The normalized spacial score (nSPS) is 13.1. The Morgan fingerprint density at radius 1 is 1.00 bits per heavy atom. The molecule has 124 valence electrons. The molecule has 0 aliphatic rings. The van der Waals surface area contributed by atoms with E-state index in [-0.39, 0.29) is 18.0 Å². The summed E-state index contributed by atoms with van der Waals surface area (Å²) in [6.45, 7) is 10.7. The van der Waals surface area contributed by atoms with E-state index in [0.29, 0.717) is 0 Å². The molecule has 0 fully saturated rings. The van der Waals surface area contributed by atoms with E-state index in [2.05, 4.69) is 49.4 Å². The summed E-state index contributed by atoms with van der Waals surface area (Å²) in [5.41, 5.74) is 0. The molecule has 0 heterocycles. The van der Waals surface area contributed by atoms with E-state index in [1.165, 1.54) is 29.3 Å². The quantitative estimate of drug-likeness (QED) is 0.287. The maximum absolute atomic E-state index is 12.7. The third-order valence-corrected chi connectivity index (χ3v) is 10.6. The van der Waals surface area contributed by atoms with E-state index in [9.17, 15) is 4.79 Å². The first-order valence-corrected chi connectivity index (χ1v) is 18.6. The minimum atomic E-state index is -2.17. The fourth-order valence-electron chi connectivity index (χ4n) is 2.73. The van der Waals surface area contributed by atoms with Crippen LogP contribution in [0.2, 0.25) is 14.8 Å². The van der Waals surface area contributed by atoms with Gasteiger partial charge in [0.2, 0.25) is 0 Å². The van der Waals surface area contributed by atoms with E-state index in [1.807, 2.05) is 11.0 Å². The van der Waals surface area contributed by atoms with Crippen LogP contribution >= 0.6 is 0 Å². The Morgan fingerprint density at radius 3 is 1.90 bits per heavy atom. The second kappa shape index (κ2) is 9.91. The van der Waals surface area contributed by atoms with Gasteiger partial charge in [-0.1, -0.05) is 0 Å². The first kappa shape index (κ1) is 21.0. The number of unbranched alkanes of at least 4 members (excludes halogenated alkanes) is 3. The molecule has 0 rings (SSSR count). The van der Waals surface area contributed by atoms with E-state index < -0.39 is 18.4 Å². The van der Waals surface area contributed by atoms with Gasteiger partial charge in [-0.25, -0.2) is 0 Å². The summed E-state index contributed by atoms with van der Waals surface area (Å²) in [6.07, 6.45) is 8.25. The van der Waals surface area contributed by atoms with Gasteiger partial charge >= 0.3 is 137 Å². The number of rotatable bonds is 9. The number of carbonyl (C=O) groups is 1. The van der Waals surface area contributed by atoms with Crippen molar-refractivity contribution in [3.05, 3.63) is 9.67 Å². The average molecular weight is 402 g/mol. The Balaban J connectivity index is 5.01. The number of allylic oxidation sites excluding steroid dienone is 1. The second-order valence-corrected chi connectivity index (χ2v) is 22.3. The van der Waals surface area contributed by atoms with Crippen LogP contribution in [0, 0.1) is 0 Å². The summed E-state index contributed by atoms with van der Waals surface area (Å²) in [6, 6.07) is 0.538. The van der Waals surface area contributed by atoms with Crippen molar-refractivity contribution >= 4 is 24.3 Å². The van der Waals surface area contributed by atoms with Crippen molar-refractivity contribution in [2.24, 2.45) is 0 Å². The molecule has 2 nitrogen and oxygen atoms in total. The molecule has 0 saturated heterocycles. The Morgan fingerprint density at radius 2 is 1.52 bits per heavy atom. The molecule has 0 aromatic heterocycles. The Kier molecular flexibility index (Phi) is 9.92. The van der Waals surface area contributed by atoms with Crippen LogP contribution < -0.4 is 0 Å². The first-order chi connectivity index (χ1) is 9.61. The number of carbonyl (C=O) groups excluding carboxylic acids is 1. The van der Waals surface area contributed by atoms with Crippen molar-refractivity contribution in [3.8, 4) is 0 Å². The van der Waals surface area contributed by atoms with Crippen LogP contribution in [0.4, 0.5) is 0 Å². The van der Waals surface area contributed by atoms with Gasteiger partial charge in [0.15, 0.2) is 0 Å². The summed E-state index contributed by atoms with van der Waals surface area (Å²) < 4.78 is 1.50. The van der Waals surface area contributed by atoms with Crippen LogP contribution in [0.5, 0.6) is 0 Å². The number of hydrogen-bond acceptors (Lipinski definition) is 1. The molecule has 0 aromatic rings. The van der Waals surface area contributed by atoms with Crippen LogP contribution in [0.15, 0.2) is 9.67 Å². The monoisotopic (exact) mass is 403 g/mol. The van der Waals surface area contributed by atoms with Gasteiger partial charge in [0.25, 0.3) is 0 Å². The van der Waals surface area contributed by atoms with E-state index in [1.54, 1.807) is 0 Å². The number of hydrogen-bond donors (Lipinski definition) is 0. The summed E-state index contributed by atoms with van der Waals surface area (Å²) in [7, 11) is 0. The average Bonchev–Trinajstić information content (AvgIpc) is 2.30. The fourth-order valence-corrected chi connectivity index (χ4v) is 6.97. The molecule has 0 saturated carbocycles. The van der Waals surface area contributed by atoms with E-state index >= 15 is 0 Å². The Bertz CT molecular complexity index is 332. The first-order valence-electron chi connectivity index (χ1n) is 8.64. The molecule has 0 aromatic carbocycles. The summed E-state index contributed by atoms with van der Waals surface area (Å²) in [4.78, 5) is 21.9. The van der Waals surface area contributed by atoms with Crippen LogP contribution in [0.3, 0.4) is 0 Å². The topological polar surface area (TPSA) is 20.3 Å². The third-order valence-electron chi connectivity index (χ3n) is 3.93. The zero-order chi connectivity index (χ0) is 16.6. The molecule has 0 atom stereocenters. The molecule has 0 spiro atoms. The number of nitrogens with zero attached hydrogens (tertiary/aromatic N) is 1. The molecule has 0 aliphatic heterocycles. The molecule has 0 N–H and O–H groups in total. The van der Waals surface area contributed by atoms with Crippen molar-refractivity contribution in [1.29, 1.82) is 0 Å². The van der Waals surface area contributed by atoms with Crippen LogP contribution in [-0.2, 0) is 4.79 Å². The molecular formula is C18H37NOSn. The maximum atomic E-state index is 12.7. The van der Waals surface area contributed by atoms with Gasteiger partial charge in [0.1, 0.15) is 0 Å². The molecule has 0 aliphatic carbocycles. The molecule has 0 unspecified atom stereocenters. The fraction of sp³-hybridized carbons (Fsp3) is 0.833. The van der Waals surface area contributed by atoms with Gasteiger partial charge < -0.3 is 0 Å². The SMILES string of the molecule is CCCCCC/[C](=C/C(=O)N(C(C)C)C(C)C)[Sn]([CH3])([CH3])[CH3]. The molecule has 3 heteroatoms. The molecule has 1 amide bonds. The second-order valence-electron chi connectivity index (χ2n) is 7.66. The van der Waals surface area contributed by atoms with Gasteiger partial charge in [-0.15, -0.1) is 0 Å². The molecule has 0 radical (unpaired) electrons. The molecular weight excluding hydrogens is 365 g/mol. The van der Waals surface area contributed by atoms with Crippen LogP contribution in [0.1, 0.15) is 66.7 Å². The van der Waals surface area contributed by atoms with Gasteiger partial charge in [0.05, 0.1) is 0 Å². The zero-order valence-corrected chi connectivity index (χ0v) is 18.5. The van der Waals surface area contributed by atoms with Gasteiger partial charge in [-0.05, 0) is 0 Å². The standard InChI is InChI=1S/C15H28NO.3CH3.Sn/c1-6-7-8-9-10-11-12-15(17)16(13(2)3)14(4)5;;;;/h12-14H,6-10H2,1-5H3;3*1H3;. The summed E-state index contributed by atoms with van der Waals surface area (Å²) >= 11 is -2.17. The van der Waals surface area contributed by atoms with Crippen molar-refractivity contribution in [1.82, 2.24) is 4.90 Å². The Labute approximate surface area is 137 Å². The summed E-state index contributed by atoms with van der Waals surface area (Å²) in [5, 5.41) is 0. The van der Waals surface area contributed by atoms with Crippen molar-refractivity contribution < 1.29 is 4.79 Å². The predicted octanol–water partition coefficient (Wildman–Crippen LogP) is 5.41. The van der Waals surface area contributed by atoms with Crippen LogP contribution in [-0.4, -0.2) is 41.3 Å². The third kappa shape index (κ3) is 8.27. The van der Waals surface area contributed by atoms with E-state index in [0.717, 1.165) is 6.42 Å². The van der Waals surface area contributed by atoms with Gasteiger partial charge in [-0.2, -0.15) is 0 Å². The van der Waals surface area contributed by atoms with Gasteiger partial charge in [0, 0.05) is 0 Å². The number of amides is 1. The minimum absolute atomic E-state index is 0.220. The predicted molar refractivity (Wildman–Crippen MR) is 97.3 cm³/mol. The van der Waals surface area contributed by atoms with Crippen molar-refractivity contribution in [2.45, 2.75) is 93.6 Å². The van der Waals surface area contributed by atoms with Crippen molar-refractivity contribution in [2.75, 3.05) is 0 Å². The van der Waals surface area contributed by atoms with Gasteiger partial charge in [-0.3, -0.25) is 0 Å². The van der Waals surface area contributed by atoms with Crippen molar-refractivity contribution in [3.63, 3.8) is 0 Å².